The van der Waals surface area contributed by atoms with Crippen LogP contribution in [0.25, 0.3) is 17.0 Å². The second-order valence-electron chi connectivity index (χ2n) is 14.0. The molecule has 0 saturated heterocycles. The van der Waals surface area contributed by atoms with Gasteiger partial charge in [0.15, 0.2) is 0 Å². The molecule has 246 valence electrons. The number of aryl methyl sites for hydroxylation is 5. The van der Waals surface area contributed by atoms with Crippen LogP contribution in [0, 0.1) is 0 Å². The number of rotatable bonds is 10. The summed E-state index contributed by atoms with van der Waals surface area (Å²) in [7, 11) is 0. The highest BCUT2D eigenvalue weighted by molar-refractivity contribution is 5.88. The van der Waals surface area contributed by atoms with Crippen molar-refractivity contribution in [1.82, 2.24) is 9.80 Å². The Bertz CT molecular complexity index is 1870. The van der Waals surface area contributed by atoms with E-state index in [1.54, 1.807) is 0 Å². The Balaban J connectivity index is 1.00. The van der Waals surface area contributed by atoms with Gasteiger partial charge in [-0.25, -0.2) is 0 Å². The average molecular weight is 635 g/mol. The van der Waals surface area contributed by atoms with Crippen LogP contribution in [0.4, 0.5) is 11.4 Å². The third-order valence-electron chi connectivity index (χ3n) is 10.9. The van der Waals surface area contributed by atoms with Gasteiger partial charge in [0, 0.05) is 53.8 Å². The van der Waals surface area contributed by atoms with Gasteiger partial charge in [0.1, 0.15) is 0 Å². The van der Waals surface area contributed by atoms with E-state index >= 15 is 0 Å². The molecule has 0 radical (unpaired) electrons. The van der Waals surface area contributed by atoms with Crippen LogP contribution in [0.5, 0.6) is 0 Å². The van der Waals surface area contributed by atoms with E-state index in [0.717, 1.165) is 67.7 Å². The molecule has 0 aromatic heterocycles. The minimum atomic E-state index is 0.210. The molecule has 4 aliphatic heterocycles. The Hall–Kier alpha value is -4.44. The van der Waals surface area contributed by atoms with Gasteiger partial charge in [-0.2, -0.15) is 0 Å². The Morgan fingerprint density at radius 3 is 1.73 bits per heavy atom. The van der Waals surface area contributed by atoms with Crippen LogP contribution in [0.15, 0.2) is 89.6 Å². The summed E-state index contributed by atoms with van der Waals surface area (Å²) >= 11 is 0. The van der Waals surface area contributed by atoms with Crippen LogP contribution in [-0.4, -0.2) is 34.3 Å². The van der Waals surface area contributed by atoms with Crippen molar-refractivity contribution in [1.29, 1.82) is 0 Å². The van der Waals surface area contributed by atoms with Crippen molar-refractivity contribution in [3.05, 3.63) is 124 Å². The molecule has 0 aliphatic carbocycles. The summed E-state index contributed by atoms with van der Waals surface area (Å²) in [6.07, 6.45) is 19.6. The fourth-order valence-corrected chi connectivity index (χ4v) is 7.98. The van der Waals surface area contributed by atoms with Crippen molar-refractivity contribution in [2.45, 2.75) is 104 Å². The van der Waals surface area contributed by atoms with Crippen molar-refractivity contribution < 1.29 is 0 Å². The smallest absolute Gasteiger partial charge is 0.0729 e. The molecule has 4 heteroatoms. The maximum atomic E-state index is 5.06. The number of unbranched alkanes of at least 4 members (excludes halogenated alkanes) is 2. The molecule has 4 aliphatic rings. The fraction of sp³-hybridized carbons (Fsp3) is 0.364. The van der Waals surface area contributed by atoms with E-state index in [9.17, 15) is 0 Å². The molecule has 0 saturated carbocycles. The summed E-state index contributed by atoms with van der Waals surface area (Å²) in [4.78, 5) is 14.7. The molecule has 7 rings (SSSR count). The second kappa shape index (κ2) is 13.6. The monoisotopic (exact) mass is 634 g/mol. The zero-order chi connectivity index (χ0) is 33.4. The van der Waals surface area contributed by atoms with E-state index < -0.39 is 0 Å². The van der Waals surface area contributed by atoms with Crippen molar-refractivity contribution >= 4 is 40.8 Å². The quantitative estimate of drug-likeness (QED) is 0.208. The molecule has 3 aromatic rings. The lowest BCUT2D eigenvalue weighted by molar-refractivity contribution is 0.515. The first-order chi connectivity index (χ1) is 23.4. The normalized spacial score (nSPS) is 19.4. The molecule has 2 unspecified atom stereocenters. The van der Waals surface area contributed by atoms with Gasteiger partial charge in [0.05, 0.1) is 23.5 Å². The number of nitrogens with zero attached hydrogens (tertiary/aromatic N) is 4. The lowest BCUT2D eigenvalue weighted by Crippen LogP contribution is -2.25. The summed E-state index contributed by atoms with van der Waals surface area (Å²) in [5.41, 5.74) is 17.8. The standard InChI is InChI=1S/C44H50N4/c1-7-32-15-17-35(18-16-32)38-20-40-26-46-44-24-37(34(9-3)22-42(44)31(6)48(40)28-38)14-12-10-11-13-36-23-43-41(21-33(36)8-2)30(5)47-27-29(4)19-39(47)25-45-43/h15-18,21-28,39-40H,5-14,19-20H2,1-4H3. The van der Waals surface area contributed by atoms with Gasteiger partial charge >= 0.3 is 0 Å². The fourth-order valence-electron chi connectivity index (χ4n) is 7.98. The van der Waals surface area contributed by atoms with Crippen LogP contribution in [0.1, 0.15) is 104 Å². The largest absolute Gasteiger partial charge is 0.339 e. The van der Waals surface area contributed by atoms with Gasteiger partial charge in [0.25, 0.3) is 0 Å². The van der Waals surface area contributed by atoms with Crippen LogP contribution in [0.3, 0.4) is 0 Å². The number of aliphatic imine (C=N–C) groups is 2. The van der Waals surface area contributed by atoms with E-state index in [1.807, 2.05) is 0 Å². The summed E-state index contributed by atoms with van der Waals surface area (Å²) in [6, 6.07) is 18.9. The SMILES string of the molecule is C=C1c2cc(CC)c(CCCCCc3cc4c(cc3CC)C(=C)N3C=C(c5ccc(CC)cc5)CC3C=N4)cc2N=CC2CC(C)=CN12. The van der Waals surface area contributed by atoms with Crippen molar-refractivity contribution in [3.63, 3.8) is 0 Å². The van der Waals surface area contributed by atoms with Crippen molar-refractivity contribution in [2.24, 2.45) is 9.98 Å². The maximum absolute atomic E-state index is 5.06. The molecule has 0 N–H and O–H groups in total. The van der Waals surface area contributed by atoms with E-state index in [4.69, 9.17) is 9.98 Å². The first kappa shape index (κ1) is 32.1. The van der Waals surface area contributed by atoms with Gasteiger partial charge in [-0.1, -0.05) is 70.2 Å². The Morgan fingerprint density at radius 1 is 0.646 bits per heavy atom. The molecule has 2 atom stereocenters. The Kier molecular flexibility index (Phi) is 9.09. The third-order valence-corrected chi connectivity index (χ3v) is 10.9. The topological polar surface area (TPSA) is 31.2 Å². The average Bonchev–Trinajstić information content (AvgIpc) is 3.65. The molecule has 0 spiro atoms. The van der Waals surface area contributed by atoms with E-state index in [-0.39, 0.29) is 6.04 Å². The predicted molar refractivity (Wildman–Crippen MR) is 205 cm³/mol. The third kappa shape index (κ3) is 6.14. The molecule has 3 aromatic carbocycles. The number of fused-ring (bicyclic) bond motifs is 4. The van der Waals surface area contributed by atoms with E-state index in [0.29, 0.717) is 6.04 Å². The summed E-state index contributed by atoms with van der Waals surface area (Å²) < 4.78 is 0. The highest BCUT2D eigenvalue weighted by atomic mass is 15.2. The van der Waals surface area contributed by atoms with Gasteiger partial charge in [-0.05, 0) is 122 Å². The molecule has 4 nitrogen and oxygen atoms in total. The van der Waals surface area contributed by atoms with E-state index in [2.05, 4.69) is 124 Å². The Morgan fingerprint density at radius 2 is 1.19 bits per heavy atom. The lowest BCUT2D eigenvalue weighted by Gasteiger charge is -2.24. The van der Waals surface area contributed by atoms with Crippen molar-refractivity contribution in [3.8, 4) is 0 Å². The summed E-state index contributed by atoms with van der Waals surface area (Å²) in [5.74, 6) is 0. The van der Waals surface area contributed by atoms with Gasteiger partial charge in [0.2, 0.25) is 0 Å². The zero-order valence-electron chi connectivity index (χ0n) is 29.4. The lowest BCUT2D eigenvalue weighted by atomic mass is 9.93. The first-order valence-electron chi connectivity index (χ1n) is 18.2. The molecular weight excluding hydrogens is 585 g/mol. The number of benzene rings is 3. The highest BCUT2D eigenvalue weighted by Gasteiger charge is 2.30. The highest BCUT2D eigenvalue weighted by Crippen LogP contribution is 2.41. The van der Waals surface area contributed by atoms with Gasteiger partial charge in [-0.15, -0.1) is 0 Å². The van der Waals surface area contributed by atoms with Crippen LogP contribution in [-0.2, 0) is 32.1 Å². The van der Waals surface area contributed by atoms with Crippen LogP contribution < -0.4 is 0 Å². The molecule has 0 amide bonds. The van der Waals surface area contributed by atoms with Crippen LogP contribution >= 0.6 is 0 Å². The molecule has 48 heavy (non-hydrogen) atoms. The number of hydrogen-bond donors (Lipinski definition) is 0. The molecule has 0 bridgehead atoms. The summed E-state index contributed by atoms with van der Waals surface area (Å²) in [6.45, 7) is 18.0. The predicted octanol–water partition coefficient (Wildman–Crippen LogP) is 10.8. The first-order valence-corrected chi connectivity index (χ1v) is 18.2. The van der Waals surface area contributed by atoms with Gasteiger partial charge in [-0.3, -0.25) is 9.98 Å². The molecule has 4 heterocycles. The minimum Gasteiger partial charge on any atom is -0.339 e. The second-order valence-corrected chi connectivity index (χ2v) is 14.0. The Labute approximate surface area is 288 Å². The zero-order valence-corrected chi connectivity index (χ0v) is 29.4. The minimum absolute atomic E-state index is 0.210. The van der Waals surface area contributed by atoms with Crippen LogP contribution in [0.2, 0.25) is 0 Å². The van der Waals surface area contributed by atoms with Crippen molar-refractivity contribution in [2.75, 3.05) is 0 Å². The van der Waals surface area contributed by atoms with Gasteiger partial charge < -0.3 is 9.80 Å². The maximum Gasteiger partial charge on any atom is 0.0729 e. The summed E-state index contributed by atoms with van der Waals surface area (Å²) in [5, 5.41) is 0. The number of hydrogen-bond acceptors (Lipinski definition) is 4. The molecule has 0 fully saturated rings. The van der Waals surface area contributed by atoms with E-state index in [1.165, 1.54) is 74.9 Å². The molecular formula is C44H50N4.